The van der Waals surface area contributed by atoms with Crippen LogP contribution in [0.3, 0.4) is 0 Å². The third-order valence-electron chi connectivity index (χ3n) is 3.59. The average Bonchev–Trinajstić information content (AvgIpc) is 3.03. The second-order valence-corrected chi connectivity index (χ2v) is 6.75. The monoisotopic (exact) mass is 296 g/mol. The highest BCUT2D eigenvalue weighted by molar-refractivity contribution is 7.89. The molecule has 1 N–H and O–H groups in total. The Labute approximate surface area is 117 Å². The highest BCUT2D eigenvalue weighted by Crippen LogP contribution is 2.22. The zero-order chi connectivity index (χ0) is 14.3. The number of hydrogen-bond donors (Lipinski definition) is 1. The Balaban J connectivity index is 1.92. The summed E-state index contributed by atoms with van der Waals surface area (Å²) in [5.41, 5.74) is 0.571. The number of aryl methyl sites for hydroxylation is 1. The van der Waals surface area contributed by atoms with E-state index < -0.39 is 10.0 Å². The molecule has 2 aromatic rings. The van der Waals surface area contributed by atoms with E-state index >= 15 is 0 Å². The van der Waals surface area contributed by atoms with Gasteiger partial charge in [-0.25, -0.2) is 13.4 Å². The summed E-state index contributed by atoms with van der Waals surface area (Å²) in [5, 5.41) is 9.17. The summed E-state index contributed by atoms with van der Waals surface area (Å²) in [4.78, 5) is 4.38. The normalized spacial score (nSPS) is 16.3. The predicted octanol–water partition coefficient (Wildman–Crippen LogP) is -0.0816. The Hall–Kier alpha value is -1.64. The van der Waals surface area contributed by atoms with Crippen LogP contribution in [0.1, 0.15) is 11.5 Å². The summed E-state index contributed by atoms with van der Waals surface area (Å²) in [6, 6.07) is 1.51. The number of rotatable bonds is 3. The molecule has 3 heterocycles. The van der Waals surface area contributed by atoms with E-state index in [4.69, 9.17) is 5.11 Å². The third kappa shape index (κ3) is 2.05. The molecular formula is C12H16N4O3S. The molecule has 0 saturated heterocycles. The first kappa shape index (κ1) is 13.3. The highest BCUT2D eigenvalue weighted by atomic mass is 32.2. The fourth-order valence-electron chi connectivity index (χ4n) is 2.38. The van der Waals surface area contributed by atoms with Gasteiger partial charge in [-0.3, -0.25) is 0 Å². The fourth-order valence-corrected chi connectivity index (χ4v) is 3.86. The van der Waals surface area contributed by atoms with Crippen molar-refractivity contribution < 1.29 is 13.5 Å². The number of fused-ring (bicyclic) bond motifs is 1. The van der Waals surface area contributed by atoms with E-state index in [-0.39, 0.29) is 18.0 Å². The molecule has 0 saturated carbocycles. The van der Waals surface area contributed by atoms with Gasteiger partial charge in [0.2, 0.25) is 10.0 Å². The fraction of sp³-hybridized carbons (Fsp3) is 0.417. The average molecular weight is 296 g/mol. The maximum Gasteiger partial charge on any atom is 0.245 e. The first-order chi connectivity index (χ1) is 9.52. The van der Waals surface area contributed by atoms with Gasteiger partial charge in [-0.05, 0) is 6.07 Å². The van der Waals surface area contributed by atoms with Gasteiger partial charge in [0.05, 0.1) is 13.2 Å². The molecule has 0 unspecified atom stereocenters. The van der Waals surface area contributed by atoms with E-state index in [9.17, 15) is 8.42 Å². The van der Waals surface area contributed by atoms with Gasteiger partial charge in [-0.15, -0.1) is 0 Å². The van der Waals surface area contributed by atoms with Crippen LogP contribution in [-0.4, -0.2) is 38.5 Å². The zero-order valence-electron chi connectivity index (χ0n) is 11.1. The number of sulfonamides is 1. The summed E-state index contributed by atoms with van der Waals surface area (Å²) in [6.07, 6.45) is 5.06. The minimum absolute atomic E-state index is 0.184. The second kappa shape index (κ2) is 4.72. The Kier molecular flexibility index (Phi) is 3.15. The number of imidazole rings is 1. The summed E-state index contributed by atoms with van der Waals surface area (Å²) in [6.45, 7) is 1.12. The molecule has 108 valence electrons. The van der Waals surface area contributed by atoms with Gasteiger partial charge in [0, 0.05) is 44.4 Å². The van der Waals surface area contributed by atoms with E-state index in [2.05, 4.69) is 4.98 Å². The number of nitrogens with zero attached hydrogens (tertiary/aromatic N) is 4. The molecular weight excluding hydrogens is 280 g/mol. The molecule has 7 nitrogen and oxygen atoms in total. The lowest BCUT2D eigenvalue weighted by Crippen LogP contribution is -2.38. The summed E-state index contributed by atoms with van der Waals surface area (Å²) in [7, 11) is -1.83. The van der Waals surface area contributed by atoms with Crippen LogP contribution in [0.4, 0.5) is 0 Å². The molecule has 0 aliphatic carbocycles. The maximum absolute atomic E-state index is 12.6. The van der Waals surface area contributed by atoms with E-state index in [1.54, 1.807) is 17.8 Å². The van der Waals surface area contributed by atoms with Crippen LogP contribution < -0.4 is 0 Å². The maximum atomic E-state index is 12.6. The second-order valence-electron chi connectivity index (χ2n) is 4.81. The molecule has 0 spiro atoms. The van der Waals surface area contributed by atoms with E-state index in [1.807, 2.05) is 10.8 Å². The molecule has 2 aromatic heterocycles. The third-order valence-corrected chi connectivity index (χ3v) is 5.40. The zero-order valence-corrected chi connectivity index (χ0v) is 11.9. The van der Waals surface area contributed by atoms with Crippen molar-refractivity contribution in [3.05, 3.63) is 36.2 Å². The van der Waals surface area contributed by atoms with Crippen LogP contribution in [0.2, 0.25) is 0 Å². The molecule has 3 rings (SSSR count). The Bertz CT molecular complexity index is 732. The first-order valence-electron chi connectivity index (χ1n) is 6.28. The quantitative estimate of drug-likeness (QED) is 0.859. The molecule has 0 atom stereocenters. The van der Waals surface area contributed by atoms with Crippen molar-refractivity contribution in [2.75, 3.05) is 6.54 Å². The standard InChI is InChI=1S/C12H16N4O3S/c1-14-7-11(6-10(14)9-17)20(18,19)16-5-4-15-3-2-13-12(15)8-16/h2-3,6-7,17H,4-5,8-9H2,1H3. The van der Waals surface area contributed by atoms with E-state index in [1.165, 1.54) is 16.6 Å². The van der Waals surface area contributed by atoms with Crippen molar-refractivity contribution in [1.29, 1.82) is 0 Å². The van der Waals surface area contributed by atoms with Gasteiger partial charge < -0.3 is 14.2 Å². The molecule has 0 fully saturated rings. The van der Waals surface area contributed by atoms with Crippen LogP contribution in [0.15, 0.2) is 29.6 Å². The van der Waals surface area contributed by atoms with Crippen LogP contribution in [0.25, 0.3) is 0 Å². The molecule has 1 aliphatic rings. The first-order valence-corrected chi connectivity index (χ1v) is 7.72. The largest absolute Gasteiger partial charge is 0.390 e. The number of aliphatic hydroxyl groups is 1. The van der Waals surface area contributed by atoms with Gasteiger partial charge in [0.25, 0.3) is 0 Å². The van der Waals surface area contributed by atoms with Crippen molar-refractivity contribution in [3.63, 3.8) is 0 Å². The molecule has 8 heteroatoms. The molecule has 0 bridgehead atoms. The van der Waals surface area contributed by atoms with E-state index in [0.29, 0.717) is 18.8 Å². The van der Waals surface area contributed by atoms with Crippen molar-refractivity contribution >= 4 is 10.0 Å². The van der Waals surface area contributed by atoms with Crippen molar-refractivity contribution in [1.82, 2.24) is 18.4 Å². The SMILES string of the molecule is Cn1cc(S(=O)(=O)N2CCn3ccnc3C2)cc1CO. The van der Waals surface area contributed by atoms with Gasteiger partial charge in [-0.1, -0.05) is 0 Å². The molecule has 1 aliphatic heterocycles. The lowest BCUT2D eigenvalue weighted by Gasteiger charge is -2.26. The Morgan fingerprint density at radius 1 is 1.40 bits per heavy atom. The summed E-state index contributed by atoms with van der Waals surface area (Å²) < 4.78 is 30.2. The lowest BCUT2D eigenvalue weighted by atomic mass is 10.4. The van der Waals surface area contributed by atoms with Crippen molar-refractivity contribution in [3.8, 4) is 0 Å². The van der Waals surface area contributed by atoms with Crippen molar-refractivity contribution in [2.45, 2.75) is 24.6 Å². The molecule has 20 heavy (non-hydrogen) atoms. The van der Waals surface area contributed by atoms with Gasteiger partial charge in [0.15, 0.2) is 0 Å². The Morgan fingerprint density at radius 3 is 2.90 bits per heavy atom. The number of aromatic nitrogens is 3. The minimum Gasteiger partial charge on any atom is -0.390 e. The van der Waals surface area contributed by atoms with Gasteiger partial charge >= 0.3 is 0 Å². The van der Waals surface area contributed by atoms with Crippen LogP contribution in [0.5, 0.6) is 0 Å². The summed E-state index contributed by atoms with van der Waals surface area (Å²) >= 11 is 0. The topological polar surface area (TPSA) is 80.4 Å². The lowest BCUT2D eigenvalue weighted by molar-refractivity contribution is 0.272. The smallest absolute Gasteiger partial charge is 0.245 e. The molecule has 0 amide bonds. The number of aliphatic hydroxyl groups excluding tert-OH is 1. The van der Waals surface area contributed by atoms with Crippen molar-refractivity contribution in [2.24, 2.45) is 7.05 Å². The Morgan fingerprint density at radius 2 is 2.20 bits per heavy atom. The van der Waals surface area contributed by atoms with Crippen LogP contribution >= 0.6 is 0 Å². The molecule has 0 aromatic carbocycles. The van der Waals surface area contributed by atoms with Gasteiger partial charge in [0.1, 0.15) is 10.7 Å². The number of hydrogen-bond acceptors (Lipinski definition) is 4. The van der Waals surface area contributed by atoms with Crippen LogP contribution in [-0.2, 0) is 36.8 Å². The molecule has 0 radical (unpaired) electrons. The van der Waals surface area contributed by atoms with Crippen LogP contribution in [0, 0.1) is 0 Å². The van der Waals surface area contributed by atoms with E-state index in [0.717, 1.165) is 5.82 Å². The minimum atomic E-state index is -3.55. The van der Waals surface area contributed by atoms with Gasteiger partial charge in [-0.2, -0.15) is 4.31 Å². The highest BCUT2D eigenvalue weighted by Gasteiger charge is 2.29. The summed E-state index contributed by atoms with van der Waals surface area (Å²) in [5.74, 6) is 0.748. The predicted molar refractivity (Wildman–Crippen MR) is 71.2 cm³/mol.